The predicted octanol–water partition coefficient (Wildman–Crippen LogP) is 16.2. The van der Waals surface area contributed by atoms with Crippen LogP contribution in [0.25, 0.3) is 0 Å². The van der Waals surface area contributed by atoms with E-state index in [0.717, 1.165) is 102 Å². The van der Waals surface area contributed by atoms with E-state index in [1.165, 1.54) is 116 Å². The van der Waals surface area contributed by atoms with E-state index in [0.29, 0.717) is 25.7 Å². The molecule has 0 aromatic heterocycles. The lowest BCUT2D eigenvalue weighted by Gasteiger charge is -2.21. The Labute approximate surface area is 479 Å². The maximum absolute atomic E-state index is 12.9. The minimum Gasteiger partial charge on any atom is -0.462 e. The summed E-state index contributed by atoms with van der Waals surface area (Å²) >= 11 is 0. The SMILES string of the molecule is CCCCCCCCCCCCCCCCC(=O)O[C@H](COC(=O)CCCCCCCCCCC(C)C)COP(=O)(O)OC[C@@H](O)COP(=O)(O)OC[C@@H](COC(=O)CCCCCCC)OC(=O)CCCCCCCCCCC. The molecule has 3 N–H and O–H groups in total. The Kier molecular flexibility index (Phi) is 52.7. The number of phosphoric acid groups is 2. The predicted molar refractivity (Wildman–Crippen MR) is 312 cm³/mol. The molecule has 0 aliphatic rings. The smallest absolute Gasteiger partial charge is 0.462 e. The van der Waals surface area contributed by atoms with Gasteiger partial charge in [0.25, 0.3) is 0 Å². The number of unbranched alkanes of at least 4 members (excludes halogenated alkanes) is 32. The van der Waals surface area contributed by atoms with Gasteiger partial charge < -0.3 is 33.8 Å². The van der Waals surface area contributed by atoms with Gasteiger partial charge in [0.15, 0.2) is 12.2 Å². The molecule has 0 spiro atoms. The van der Waals surface area contributed by atoms with Crippen LogP contribution in [-0.4, -0.2) is 96.7 Å². The average molecular weight is 1170 g/mol. The molecule has 0 aromatic carbocycles. The highest BCUT2D eigenvalue weighted by Gasteiger charge is 2.30. The standard InChI is InChI=1S/C60H116O17P2/c1-6-9-12-15-17-19-20-21-22-23-25-31-36-41-46-60(65)77-56(50-71-58(63)44-39-34-29-27-26-28-33-37-42-53(4)5)52-75-79(68,69)73-48-54(61)47-72-78(66,67)74-51-55(49-70-57(62)43-38-32-14-11-8-3)76-59(64)45-40-35-30-24-18-16-13-10-7-2/h53-56,61H,6-52H2,1-5H3,(H,66,67)(H,68,69)/t54-,55+,56+/m0/s1. The molecule has 0 bridgehead atoms. The topological polar surface area (TPSA) is 237 Å². The maximum Gasteiger partial charge on any atom is 0.472 e. The summed E-state index contributed by atoms with van der Waals surface area (Å²) < 4.78 is 67.6. The van der Waals surface area contributed by atoms with Crippen molar-refractivity contribution in [2.24, 2.45) is 5.92 Å². The number of hydrogen-bond donors (Lipinski definition) is 3. The van der Waals surface area contributed by atoms with Crippen LogP contribution in [0.1, 0.15) is 298 Å². The molecule has 0 fully saturated rings. The maximum atomic E-state index is 12.9. The van der Waals surface area contributed by atoms with E-state index in [2.05, 4.69) is 34.6 Å². The van der Waals surface area contributed by atoms with Gasteiger partial charge in [0.05, 0.1) is 26.4 Å². The van der Waals surface area contributed by atoms with Crippen molar-refractivity contribution in [3.05, 3.63) is 0 Å². The van der Waals surface area contributed by atoms with Crippen molar-refractivity contribution in [2.75, 3.05) is 39.6 Å². The Balaban J connectivity index is 5.17. The van der Waals surface area contributed by atoms with Crippen LogP contribution in [0, 0.1) is 5.92 Å². The van der Waals surface area contributed by atoms with Gasteiger partial charge in [-0.1, -0.05) is 247 Å². The van der Waals surface area contributed by atoms with Gasteiger partial charge in [-0.3, -0.25) is 37.3 Å². The quantitative estimate of drug-likeness (QED) is 0.0222. The number of carbonyl (C=O) groups excluding carboxylic acids is 4. The van der Waals surface area contributed by atoms with Crippen molar-refractivity contribution >= 4 is 39.5 Å². The highest BCUT2D eigenvalue weighted by atomic mass is 31.2. The van der Waals surface area contributed by atoms with E-state index in [1.54, 1.807) is 0 Å². The number of hydrogen-bond acceptors (Lipinski definition) is 15. The highest BCUT2D eigenvalue weighted by Crippen LogP contribution is 2.45. The third-order valence-electron chi connectivity index (χ3n) is 13.8. The van der Waals surface area contributed by atoms with Gasteiger partial charge >= 0.3 is 39.5 Å². The number of ether oxygens (including phenoxy) is 4. The minimum absolute atomic E-state index is 0.105. The summed E-state index contributed by atoms with van der Waals surface area (Å²) in [6, 6.07) is 0. The Morgan fingerprint density at radius 2 is 0.582 bits per heavy atom. The summed E-state index contributed by atoms with van der Waals surface area (Å²) in [6.45, 7) is 7.03. The summed E-state index contributed by atoms with van der Waals surface area (Å²) in [4.78, 5) is 71.7. The van der Waals surface area contributed by atoms with E-state index in [-0.39, 0.29) is 25.7 Å². The van der Waals surface area contributed by atoms with Crippen LogP contribution in [0.4, 0.5) is 0 Å². The number of aliphatic hydroxyl groups is 1. The van der Waals surface area contributed by atoms with Gasteiger partial charge in [0, 0.05) is 25.7 Å². The molecule has 0 aliphatic heterocycles. The van der Waals surface area contributed by atoms with Gasteiger partial charge in [0.1, 0.15) is 19.3 Å². The van der Waals surface area contributed by atoms with Crippen LogP contribution in [0.3, 0.4) is 0 Å². The van der Waals surface area contributed by atoms with Gasteiger partial charge in [-0.05, 0) is 31.6 Å². The molecule has 5 atom stereocenters. The molecule has 2 unspecified atom stereocenters. The van der Waals surface area contributed by atoms with Crippen molar-refractivity contribution in [3.63, 3.8) is 0 Å². The summed E-state index contributed by atoms with van der Waals surface area (Å²) in [6.07, 6.45) is 36.5. The Hall–Kier alpha value is -1.94. The van der Waals surface area contributed by atoms with E-state index in [1.807, 2.05) is 0 Å². The van der Waals surface area contributed by atoms with E-state index < -0.39 is 97.5 Å². The van der Waals surface area contributed by atoms with Crippen LogP contribution < -0.4 is 0 Å². The van der Waals surface area contributed by atoms with E-state index in [4.69, 9.17) is 37.0 Å². The summed E-state index contributed by atoms with van der Waals surface area (Å²) in [5.41, 5.74) is 0. The molecular formula is C60H116O17P2. The van der Waals surface area contributed by atoms with Crippen LogP contribution in [-0.2, 0) is 65.4 Å². The molecule has 79 heavy (non-hydrogen) atoms. The monoisotopic (exact) mass is 1170 g/mol. The average Bonchev–Trinajstić information content (AvgIpc) is 3.41. The molecule has 0 radical (unpaired) electrons. The van der Waals surface area contributed by atoms with Gasteiger partial charge in [-0.15, -0.1) is 0 Å². The van der Waals surface area contributed by atoms with Crippen molar-refractivity contribution in [3.8, 4) is 0 Å². The lowest BCUT2D eigenvalue weighted by molar-refractivity contribution is -0.161. The van der Waals surface area contributed by atoms with Crippen molar-refractivity contribution < 1.29 is 80.2 Å². The Bertz CT molecular complexity index is 1550. The third-order valence-corrected chi connectivity index (χ3v) is 15.7. The first-order valence-corrected chi connectivity index (χ1v) is 34.6. The molecule has 0 aromatic rings. The lowest BCUT2D eigenvalue weighted by Crippen LogP contribution is -2.30. The summed E-state index contributed by atoms with van der Waals surface area (Å²) in [5.74, 6) is -1.42. The molecule has 0 saturated heterocycles. The van der Waals surface area contributed by atoms with Crippen molar-refractivity contribution in [1.82, 2.24) is 0 Å². The zero-order valence-corrected chi connectivity index (χ0v) is 52.3. The Morgan fingerprint density at radius 3 is 0.861 bits per heavy atom. The molecule has 17 nitrogen and oxygen atoms in total. The molecular weight excluding hydrogens is 1050 g/mol. The normalized spacial score (nSPS) is 14.3. The van der Waals surface area contributed by atoms with E-state index >= 15 is 0 Å². The molecule has 0 aliphatic carbocycles. The Morgan fingerprint density at radius 1 is 0.342 bits per heavy atom. The first-order chi connectivity index (χ1) is 38.0. The molecule has 0 amide bonds. The van der Waals surface area contributed by atoms with Crippen LogP contribution in [0.2, 0.25) is 0 Å². The number of carbonyl (C=O) groups is 4. The molecule has 0 rings (SSSR count). The van der Waals surface area contributed by atoms with Crippen molar-refractivity contribution in [1.29, 1.82) is 0 Å². The first kappa shape index (κ1) is 77.1. The molecule has 19 heteroatoms. The zero-order valence-electron chi connectivity index (χ0n) is 50.5. The fraction of sp³-hybridized carbons (Fsp3) is 0.933. The number of phosphoric ester groups is 2. The second-order valence-corrected chi connectivity index (χ2v) is 25.1. The zero-order chi connectivity index (χ0) is 58.5. The summed E-state index contributed by atoms with van der Waals surface area (Å²) in [5, 5.41) is 10.5. The highest BCUT2D eigenvalue weighted by molar-refractivity contribution is 7.47. The number of esters is 4. The summed E-state index contributed by atoms with van der Waals surface area (Å²) in [7, 11) is -9.87. The van der Waals surface area contributed by atoms with Crippen LogP contribution in [0.5, 0.6) is 0 Å². The third kappa shape index (κ3) is 55.0. The second-order valence-electron chi connectivity index (χ2n) is 22.2. The second kappa shape index (κ2) is 54.0. The molecule has 0 saturated carbocycles. The van der Waals surface area contributed by atoms with Crippen LogP contribution in [0.15, 0.2) is 0 Å². The van der Waals surface area contributed by atoms with E-state index in [9.17, 15) is 43.2 Å². The van der Waals surface area contributed by atoms with Gasteiger partial charge in [-0.25, -0.2) is 9.13 Å². The fourth-order valence-electron chi connectivity index (χ4n) is 8.88. The molecule has 468 valence electrons. The number of aliphatic hydroxyl groups excluding tert-OH is 1. The van der Waals surface area contributed by atoms with Crippen LogP contribution >= 0.6 is 15.6 Å². The largest absolute Gasteiger partial charge is 0.472 e. The number of rotatable bonds is 60. The lowest BCUT2D eigenvalue weighted by atomic mass is 10.0. The van der Waals surface area contributed by atoms with Crippen molar-refractivity contribution in [2.45, 2.75) is 316 Å². The van der Waals surface area contributed by atoms with Gasteiger partial charge in [0.2, 0.25) is 0 Å². The molecule has 0 heterocycles. The van der Waals surface area contributed by atoms with Gasteiger partial charge in [-0.2, -0.15) is 0 Å². The minimum atomic E-state index is -4.94. The first-order valence-electron chi connectivity index (χ1n) is 31.6. The fourth-order valence-corrected chi connectivity index (χ4v) is 10.5.